The van der Waals surface area contributed by atoms with Crippen molar-refractivity contribution >= 4 is 27.3 Å². The van der Waals surface area contributed by atoms with Gasteiger partial charge in [0.05, 0.1) is 22.0 Å². The van der Waals surface area contributed by atoms with Gasteiger partial charge in [-0.2, -0.15) is 0 Å². The number of hydrogen-bond donors (Lipinski definition) is 2. The average molecular weight is 230 g/mol. The Morgan fingerprint density at radius 2 is 2.17 bits per heavy atom. The van der Waals surface area contributed by atoms with E-state index in [9.17, 15) is 0 Å². The molecule has 0 unspecified atom stereocenters. The minimum absolute atomic E-state index is 0.367. The van der Waals surface area contributed by atoms with Crippen molar-refractivity contribution in [2.24, 2.45) is 0 Å². The number of aromatic nitrogens is 1. The van der Waals surface area contributed by atoms with E-state index in [1.54, 1.807) is 12.4 Å². The third-order valence-electron chi connectivity index (χ3n) is 1.36. The molecule has 0 atom stereocenters. The molecule has 66 valence electrons. The van der Waals surface area contributed by atoms with Crippen molar-refractivity contribution in [3.05, 3.63) is 16.9 Å². The highest BCUT2D eigenvalue weighted by Crippen LogP contribution is 2.27. The van der Waals surface area contributed by atoms with Crippen molar-refractivity contribution in [3.8, 4) is 0 Å². The zero-order valence-corrected chi connectivity index (χ0v) is 8.72. The summed E-state index contributed by atoms with van der Waals surface area (Å²) in [5, 5.41) is 3.23. The van der Waals surface area contributed by atoms with Crippen LogP contribution in [0.15, 0.2) is 16.9 Å². The minimum atomic E-state index is 0.367. The fourth-order valence-electron chi connectivity index (χ4n) is 0.891. The summed E-state index contributed by atoms with van der Waals surface area (Å²) in [5.41, 5.74) is 7.30. The van der Waals surface area contributed by atoms with Crippen LogP contribution in [0, 0.1) is 0 Å². The largest absolute Gasteiger partial charge is 0.396 e. The number of rotatable bonds is 2. The normalized spacial score (nSPS) is 10.3. The molecule has 0 amide bonds. The smallest absolute Gasteiger partial charge is 0.0751 e. The molecule has 1 aromatic rings. The van der Waals surface area contributed by atoms with E-state index in [0.29, 0.717) is 11.7 Å². The van der Waals surface area contributed by atoms with Gasteiger partial charge in [0.15, 0.2) is 0 Å². The maximum atomic E-state index is 5.71. The Labute approximate surface area is 80.5 Å². The molecule has 1 aromatic heterocycles. The summed E-state index contributed by atoms with van der Waals surface area (Å²) in [4.78, 5) is 3.94. The van der Waals surface area contributed by atoms with E-state index in [4.69, 9.17) is 5.73 Å². The van der Waals surface area contributed by atoms with Crippen LogP contribution in [0.2, 0.25) is 0 Å². The SMILES string of the molecule is CC(C)Nc1c(N)cncc1Br. The van der Waals surface area contributed by atoms with Gasteiger partial charge in [-0.05, 0) is 29.8 Å². The van der Waals surface area contributed by atoms with Crippen molar-refractivity contribution in [1.29, 1.82) is 0 Å². The predicted octanol–water partition coefficient (Wildman–Crippen LogP) is 2.25. The van der Waals surface area contributed by atoms with E-state index in [-0.39, 0.29) is 0 Å². The first-order valence-electron chi connectivity index (χ1n) is 3.76. The van der Waals surface area contributed by atoms with Crippen LogP contribution in [-0.4, -0.2) is 11.0 Å². The molecule has 12 heavy (non-hydrogen) atoms. The number of nitrogen functional groups attached to an aromatic ring is 1. The first kappa shape index (κ1) is 9.32. The van der Waals surface area contributed by atoms with E-state index >= 15 is 0 Å². The van der Waals surface area contributed by atoms with Crippen LogP contribution in [0.25, 0.3) is 0 Å². The van der Waals surface area contributed by atoms with E-state index < -0.39 is 0 Å². The van der Waals surface area contributed by atoms with Gasteiger partial charge in [0.1, 0.15) is 0 Å². The highest BCUT2D eigenvalue weighted by atomic mass is 79.9. The molecule has 0 radical (unpaired) electrons. The molecule has 0 aliphatic rings. The summed E-state index contributed by atoms with van der Waals surface area (Å²) in [6.07, 6.45) is 3.36. The van der Waals surface area contributed by atoms with Crippen molar-refractivity contribution in [1.82, 2.24) is 4.98 Å². The molecule has 1 rings (SSSR count). The molecule has 4 heteroatoms. The lowest BCUT2D eigenvalue weighted by Gasteiger charge is -2.13. The minimum Gasteiger partial charge on any atom is -0.396 e. The first-order chi connectivity index (χ1) is 5.61. The Bertz CT molecular complexity index is 253. The topological polar surface area (TPSA) is 50.9 Å². The number of pyridine rings is 1. The lowest BCUT2D eigenvalue weighted by Crippen LogP contribution is -2.12. The van der Waals surface area contributed by atoms with Crippen LogP contribution in [0.5, 0.6) is 0 Å². The molecule has 3 nitrogen and oxygen atoms in total. The highest BCUT2D eigenvalue weighted by molar-refractivity contribution is 9.10. The lowest BCUT2D eigenvalue weighted by molar-refractivity contribution is 0.898. The highest BCUT2D eigenvalue weighted by Gasteiger charge is 2.04. The summed E-state index contributed by atoms with van der Waals surface area (Å²) >= 11 is 3.37. The third kappa shape index (κ3) is 2.11. The van der Waals surface area contributed by atoms with E-state index in [1.807, 2.05) is 0 Å². The molecule has 0 saturated carbocycles. The molecule has 3 N–H and O–H groups in total. The zero-order valence-electron chi connectivity index (χ0n) is 7.13. The number of nitrogens with zero attached hydrogens (tertiary/aromatic N) is 1. The Morgan fingerprint density at radius 1 is 1.50 bits per heavy atom. The van der Waals surface area contributed by atoms with E-state index in [2.05, 4.69) is 40.1 Å². The number of nitrogens with one attached hydrogen (secondary N) is 1. The van der Waals surface area contributed by atoms with Crippen molar-refractivity contribution in [2.75, 3.05) is 11.1 Å². The van der Waals surface area contributed by atoms with Gasteiger partial charge in [-0.25, -0.2) is 0 Å². The molecular weight excluding hydrogens is 218 g/mol. The number of halogens is 1. The average Bonchev–Trinajstić information content (AvgIpc) is 1.97. The maximum Gasteiger partial charge on any atom is 0.0751 e. The zero-order chi connectivity index (χ0) is 9.14. The van der Waals surface area contributed by atoms with Crippen LogP contribution < -0.4 is 11.1 Å². The molecule has 0 spiro atoms. The molecule has 0 saturated heterocycles. The van der Waals surface area contributed by atoms with E-state index in [0.717, 1.165) is 10.2 Å². The van der Waals surface area contributed by atoms with Crippen LogP contribution in [0.1, 0.15) is 13.8 Å². The molecular formula is C8H12BrN3. The fraction of sp³-hybridized carbons (Fsp3) is 0.375. The van der Waals surface area contributed by atoms with Crippen LogP contribution in [0.4, 0.5) is 11.4 Å². The quantitative estimate of drug-likeness (QED) is 0.819. The van der Waals surface area contributed by atoms with Gasteiger partial charge in [0.25, 0.3) is 0 Å². The first-order valence-corrected chi connectivity index (χ1v) is 4.56. The summed E-state index contributed by atoms with van der Waals surface area (Å²) in [6.45, 7) is 4.12. The van der Waals surface area contributed by atoms with Crippen LogP contribution in [0.3, 0.4) is 0 Å². The summed E-state index contributed by atoms with van der Waals surface area (Å²) in [5.74, 6) is 0. The standard InChI is InChI=1S/C8H12BrN3/c1-5(2)12-8-6(9)3-11-4-7(8)10/h3-5H,10H2,1-2H3,(H,11,12). The lowest BCUT2D eigenvalue weighted by atomic mass is 10.3. The molecule has 1 heterocycles. The maximum absolute atomic E-state index is 5.71. The van der Waals surface area contributed by atoms with Crippen LogP contribution >= 0.6 is 15.9 Å². The third-order valence-corrected chi connectivity index (χ3v) is 1.96. The molecule has 0 fully saturated rings. The Morgan fingerprint density at radius 3 is 2.67 bits per heavy atom. The second-order valence-corrected chi connectivity index (χ2v) is 3.74. The summed E-state index contributed by atoms with van der Waals surface area (Å²) < 4.78 is 0.899. The van der Waals surface area contributed by atoms with Crippen LogP contribution in [-0.2, 0) is 0 Å². The van der Waals surface area contributed by atoms with Crippen molar-refractivity contribution in [3.63, 3.8) is 0 Å². The second-order valence-electron chi connectivity index (χ2n) is 2.88. The van der Waals surface area contributed by atoms with E-state index in [1.165, 1.54) is 0 Å². The van der Waals surface area contributed by atoms with Crippen molar-refractivity contribution < 1.29 is 0 Å². The van der Waals surface area contributed by atoms with Gasteiger partial charge in [0, 0.05) is 12.2 Å². The second kappa shape index (κ2) is 3.76. The molecule has 0 bridgehead atoms. The number of nitrogens with two attached hydrogens (primary N) is 1. The Kier molecular flexibility index (Phi) is 2.92. The fourth-order valence-corrected chi connectivity index (χ4v) is 1.35. The van der Waals surface area contributed by atoms with Crippen molar-refractivity contribution in [2.45, 2.75) is 19.9 Å². The predicted molar refractivity (Wildman–Crippen MR) is 55.1 cm³/mol. The number of anilines is 2. The van der Waals surface area contributed by atoms with Gasteiger partial charge in [-0.1, -0.05) is 0 Å². The van der Waals surface area contributed by atoms with Gasteiger partial charge in [0.2, 0.25) is 0 Å². The van der Waals surface area contributed by atoms with Gasteiger partial charge in [-0.15, -0.1) is 0 Å². The Hall–Kier alpha value is -0.770. The molecule has 0 aliphatic heterocycles. The summed E-state index contributed by atoms with van der Waals surface area (Å²) in [6, 6.07) is 0.367. The molecule has 0 aromatic carbocycles. The monoisotopic (exact) mass is 229 g/mol. The molecule has 0 aliphatic carbocycles. The van der Waals surface area contributed by atoms with Gasteiger partial charge < -0.3 is 11.1 Å². The number of hydrogen-bond acceptors (Lipinski definition) is 3. The Balaban J connectivity index is 2.96. The van der Waals surface area contributed by atoms with Gasteiger partial charge >= 0.3 is 0 Å². The summed E-state index contributed by atoms with van der Waals surface area (Å²) in [7, 11) is 0. The van der Waals surface area contributed by atoms with Gasteiger partial charge in [-0.3, -0.25) is 4.98 Å².